The Morgan fingerprint density at radius 1 is 1.09 bits per heavy atom. The van der Waals surface area contributed by atoms with Crippen molar-refractivity contribution in [2.45, 2.75) is 13.8 Å². The molecule has 5 nitrogen and oxygen atoms in total. The first-order valence-electron chi connectivity index (χ1n) is 6.62. The lowest BCUT2D eigenvalue weighted by Crippen LogP contribution is -2.11. The van der Waals surface area contributed by atoms with Gasteiger partial charge in [0.25, 0.3) is 0 Å². The molecule has 0 heterocycles. The summed E-state index contributed by atoms with van der Waals surface area (Å²) in [5.74, 6) is 0.757. The Morgan fingerprint density at radius 3 is 2.36 bits per heavy atom. The Balaban J connectivity index is 2.48. The number of carbonyl (C=O) groups is 1. The summed E-state index contributed by atoms with van der Waals surface area (Å²) in [7, 11) is -3.45. The highest BCUT2D eigenvalue weighted by Crippen LogP contribution is 2.32. The zero-order valence-electron chi connectivity index (χ0n) is 12.6. The number of benzene rings is 2. The van der Waals surface area contributed by atoms with Crippen LogP contribution in [-0.4, -0.2) is 20.5 Å². The summed E-state index contributed by atoms with van der Waals surface area (Å²) >= 11 is 0. The van der Waals surface area contributed by atoms with Gasteiger partial charge in [-0.3, -0.25) is 9.52 Å². The van der Waals surface area contributed by atoms with Gasteiger partial charge in [0.05, 0.1) is 11.9 Å². The first kappa shape index (κ1) is 16.0. The van der Waals surface area contributed by atoms with Crippen LogP contribution in [0.25, 0.3) is 0 Å². The Kier molecular flexibility index (Phi) is 4.51. The number of para-hydroxylation sites is 1. The van der Waals surface area contributed by atoms with Crippen LogP contribution < -0.4 is 9.46 Å². The molecule has 0 radical (unpaired) electrons. The van der Waals surface area contributed by atoms with Crippen LogP contribution in [0.4, 0.5) is 5.69 Å². The fourth-order valence-corrected chi connectivity index (χ4v) is 2.47. The first-order valence-corrected chi connectivity index (χ1v) is 8.51. The monoisotopic (exact) mass is 319 g/mol. The molecule has 0 spiro atoms. The Bertz CT molecular complexity index is 813. The molecule has 0 aliphatic carbocycles. The van der Waals surface area contributed by atoms with Crippen LogP contribution in [0.5, 0.6) is 11.5 Å². The molecule has 0 bridgehead atoms. The van der Waals surface area contributed by atoms with E-state index in [4.69, 9.17) is 4.74 Å². The smallest absolute Gasteiger partial charge is 0.229 e. The number of anilines is 1. The minimum absolute atomic E-state index is 0.125. The molecule has 1 N–H and O–H groups in total. The average Bonchev–Trinajstić information content (AvgIpc) is 2.41. The van der Waals surface area contributed by atoms with Gasteiger partial charge in [-0.05, 0) is 43.7 Å². The molecule has 0 saturated heterocycles. The van der Waals surface area contributed by atoms with Gasteiger partial charge in [0, 0.05) is 5.56 Å². The number of ether oxygens (including phenoxy) is 1. The molecule has 2 aromatic carbocycles. The van der Waals surface area contributed by atoms with Gasteiger partial charge in [0.2, 0.25) is 10.0 Å². The van der Waals surface area contributed by atoms with Crippen molar-refractivity contribution in [3.8, 4) is 11.5 Å². The van der Waals surface area contributed by atoms with E-state index >= 15 is 0 Å². The van der Waals surface area contributed by atoms with Crippen molar-refractivity contribution >= 4 is 21.5 Å². The molecular weight excluding hydrogens is 302 g/mol. The molecule has 0 aliphatic heterocycles. The van der Waals surface area contributed by atoms with E-state index in [0.717, 1.165) is 11.8 Å². The van der Waals surface area contributed by atoms with Crippen LogP contribution in [0, 0.1) is 6.92 Å². The largest absolute Gasteiger partial charge is 0.455 e. The molecule has 6 heteroatoms. The van der Waals surface area contributed by atoms with Gasteiger partial charge in [-0.1, -0.05) is 18.2 Å². The van der Waals surface area contributed by atoms with Crippen LogP contribution in [0.1, 0.15) is 22.8 Å². The Morgan fingerprint density at radius 2 is 1.77 bits per heavy atom. The van der Waals surface area contributed by atoms with Gasteiger partial charge in [0.1, 0.15) is 5.75 Å². The normalized spacial score (nSPS) is 11.0. The van der Waals surface area contributed by atoms with E-state index < -0.39 is 10.0 Å². The van der Waals surface area contributed by atoms with Crippen molar-refractivity contribution in [3.63, 3.8) is 0 Å². The predicted molar refractivity (Wildman–Crippen MR) is 86.2 cm³/mol. The number of sulfonamides is 1. The standard InChI is InChI=1S/C16H17NO4S/c1-11-6-4-5-7-15(11)21-16-10-13(12(2)18)8-9-14(16)17-22(3,19)20/h4-10,17H,1-3H3. The summed E-state index contributed by atoms with van der Waals surface area (Å²) in [5.41, 5.74) is 1.64. The van der Waals surface area contributed by atoms with Gasteiger partial charge >= 0.3 is 0 Å². The predicted octanol–water partition coefficient (Wildman–Crippen LogP) is 3.36. The SMILES string of the molecule is CC(=O)c1ccc(NS(C)(=O)=O)c(Oc2ccccc2C)c1. The number of aryl methyl sites for hydroxylation is 1. The third kappa shape index (κ3) is 4.08. The minimum Gasteiger partial charge on any atom is -0.455 e. The van der Waals surface area contributed by atoms with Crippen molar-refractivity contribution in [2.24, 2.45) is 0 Å². The second kappa shape index (κ2) is 6.19. The number of Topliss-reactive ketones (excluding diaryl/α,β-unsaturated/α-hetero) is 1. The molecule has 116 valence electrons. The molecule has 22 heavy (non-hydrogen) atoms. The molecule has 0 aromatic heterocycles. The minimum atomic E-state index is -3.45. The van der Waals surface area contributed by atoms with Crippen molar-refractivity contribution in [1.82, 2.24) is 0 Å². The molecule has 2 aromatic rings. The highest BCUT2D eigenvalue weighted by molar-refractivity contribution is 7.92. The second-order valence-electron chi connectivity index (χ2n) is 5.01. The third-order valence-electron chi connectivity index (χ3n) is 3.00. The Labute approximate surface area is 130 Å². The summed E-state index contributed by atoms with van der Waals surface area (Å²) in [6, 6.07) is 12.0. The van der Waals surface area contributed by atoms with Crippen LogP contribution in [0.3, 0.4) is 0 Å². The molecule has 0 fully saturated rings. The van der Waals surface area contributed by atoms with Crippen molar-refractivity contribution in [1.29, 1.82) is 0 Å². The number of hydrogen-bond acceptors (Lipinski definition) is 4. The highest BCUT2D eigenvalue weighted by Gasteiger charge is 2.13. The second-order valence-corrected chi connectivity index (χ2v) is 6.76. The van der Waals surface area contributed by atoms with Crippen LogP contribution >= 0.6 is 0 Å². The zero-order chi connectivity index (χ0) is 16.3. The highest BCUT2D eigenvalue weighted by atomic mass is 32.2. The van der Waals surface area contributed by atoms with E-state index in [2.05, 4.69) is 4.72 Å². The maximum absolute atomic E-state index is 11.5. The average molecular weight is 319 g/mol. The summed E-state index contributed by atoms with van der Waals surface area (Å²) < 4.78 is 31.1. The van der Waals surface area contributed by atoms with E-state index in [9.17, 15) is 13.2 Å². The van der Waals surface area contributed by atoms with Crippen LogP contribution in [0.15, 0.2) is 42.5 Å². The van der Waals surface area contributed by atoms with Crippen LogP contribution in [0.2, 0.25) is 0 Å². The summed E-state index contributed by atoms with van der Waals surface area (Å²) in [6.45, 7) is 3.32. The first-order chi connectivity index (χ1) is 10.3. The Hall–Kier alpha value is -2.34. The molecule has 0 atom stereocenters. The van der Waals surface area contributed by atoms with E-state index in [1.54, 1.807) is 12.1 Å². The molecule has 0 amide bonds. The van der Waals surface area contributed by atoms with Crippen molar-refractivity contribution in [3.05, 3.63) is 53.6 Å². The molecule has 0 saturated carbocycles. The summed E-state index contributed by atoms with van der Waals surface area (Å²) in [6.07, 6.45) is 1.06. The number of nitrogens with one attached hydrogen (secondary N) is 1. The topological polar surface area (TPSA) is 72.5 Å². The lowest BCUT2D eigenvalue weighted by Gasteiger charge is -2.14. The zero-order valence-corrected chi connectivity index (χ0v) is 13.4. The van der Waals surface area contributed by atoms with Crippen LogP contribution in [-0.2, 0) is 10.0 Å². The molecule has 0 unspecified atom stereocenters. The summed E-state index contributed by atoms with van der Waals surface area (Å²) in [5, 5.41) is 0. The summed E-state index contributed by atoms with van der Waals surface area (Å²) in [4.78, 5) is 11.5. The van der Waals surface area contributed by atoms with Gasteiger partial charge in [-0.15, -0.1) is 0 Å². The molecular formula is C16H17NO4S. The van der Waals surface area contributed by atoms with Crippen molar-refractivity contribution in [2.75, 3.05) is 11.0 Å². The van der Waals surface area contributed by atoms with Gasteiger partial charge in [-0.2, -0.15) is 0 Å². The maximum Gasteiger partial charge on any atom is 0.229 e. The fraction of sp³-hybridized carbons (Fsp3) is 0.188. The third-order valence-corrected chi connectivity index (χ3v) is 3.59. The van der Waals surface area contributed by atoms with E-state index in [1.807, 2.05) is 25.1 Å². The van der Waals surface area contributed by atoms with E-state index in [1.165, 1.54) is 19.1 Å². The van der Waals surface area contributed by atoms with Gasteiger partial charge in [0.15, 0.2) is 11.5 Å². The maximum atomic E-state index is 11.5. The molecule has 0 aliphatic rings. The number of hydrogen-bond donors (Lipinski definition) is 1. The fourth-order valence-electron chi connectivity index (χ4n) is 1.90. The number of rotatable bonds is 5. The number of ketones is 1. The van der Waals surface area contributed by atoms with Gasteiger partial charge in [-0.25, -0.2) is 8.42 Å². The quantitative estimate of drug-likeness (QED) is 0.858. The van der Waals surface area contributed by atoms with E-state index in [-0.39, 0.29) is 17.2 Å². The lowest BCUT2D eigenvalue weighted by molar-refractivity contribution is 0.101. The number of carbonyl (C=O) groups excluding carboxylic acids is 1. The van der Waals surface area contributed by atoms with Gasteiger partial charge < -0.3 is 4.74 Å². The van der Waals surface area contributed by atoms with Crippen molar-refractivity contribution < 1.29 is 17.9 Å². The van der Waals surface area contributed by atoms with E-state index in [0.29, 0.717) is 11.3 Å². The lowest BCUT2D eigenvalue weighted by atomic mass is 10.1. The molecule has 2 rings (SSSR count).